The Morgan fingerprint density at radius 3 is 2.72 bits per heavy atom. The van der Waals surface area contributed by atoms with Gasteiger partial charge in [0.25, 0.3) is 5.91 Å². The lowest BCUT2D eigenvalue weighted by molar-refractivity contribution is 0.0952. The zero-order valence-corrected chi connectivity index (χ0v) is 10.3. The second-order valence-electron chi connectivity index (χ2n) is 3.81. The van der Waals surface area contributed by atoms with Crippen molar-refractivity contribution >= 4 is 17.5 Å². The third-order valence-electron chi connectivity index (χ3n) is 2.50. The number of rotatable bonds is 4. The van der Waals surface area contributed by atoms with E-state index in [1.807, 2.05) is 29.1 Å². The molecule has 0 unspecified atom stereocenters. The number of halogens is 2. The number of nitrogens with zero attached hydrogens (tertiary/aromatic N) is 1. The Morgan fingerprint density at radius 1 is 1.33 bits per heavy atom. The van der Waals surface area contributed by atoms with Crippen LogP contribution in [0.4, 0.5) is 4.39 Å². The first-order valence-electron chi connectivity index (χ1n) is 5.51. The topological polar surface area (TPSA) is 34.0 Å². The minimum atomic E-state index is -0.588. The van der Waals surface area contributed by atoms with E-state index < -0.39 is 5.82 Å². The quantitative estimate of drug-likeness (QED) is 0.907. The van der Waals surface area contributed by atoms with Crippen LogP contribution in [0.5, 0.6) is 0 Å². The van der Waals surface area contributed by atoms with Gasteiger partial charge in [-0.05, 0) is 30.3 Å². The summed E-state index contributed by atoms with van der Waals surface area (Å²) in [4.78, 5) is 11.7. The third kappa shape index (κ3) is 3.11. The van der Waals surface area contributed by atoms with Crippen LogP contribution in [0.1, 0.15) is 10.4 Å². The summed E-state index contributed by atoms with van der Waals surface area (Å²) in [6.07, 6.45) is 3.82. The maximum atomic E-state index is 13.2. The van der Waals surface area contributed by atoms with Crippen molar-refractivity contribution in [3.05, 3.63) is 59.1 Å². The SMILES string of the molecule is O=C(NCCn1cccc1)c1ccc(Cl)c(F)c1. The lowest BCUT2D eigenvalue weighted by Crippen LogP contribution is -2.27. The molecule has 0 aliphatic heterocycles. The van der Waals surface area contributed by atoms with Gasteiger partial charge < -0.3 is 9.88 Å². The standard InChI is InChI=1S/C13H12ClFN2O/c14-11-4-3-10(9-12(11)15)13(18)16-5-8-17-6-1-2-7-17/h1-4,6-7,9H,5,8H2,(H,16,18). The number of aromatic nitrogens is 1. The molecule has 5 heteroatoms. The summed E-state index contributed by atoms with van der Waals surface area (Å²) in [6.45, 7) is 1.16. The molecule has 0 saturated heterocycles. The minimum absolute atomic E-state index is 0.0129. The first kappa shape index (κ1) is 12.6. The normalized spacial score (nSPS) is 10.3. The molecule has 0 atom stereocenters. The van der Waals surface area contributed by atoms with E-state index in [1.165, 1.54) is 12.1 Å². The Labute approximate surface area is 109 Å². The molecule has 1 aromatic carbocycles. The van der Waals surface area contributed by atoms with E-state index in [1.54, 1.807) is 0 Å². The highest BCUT2D eigenvalue weighted by Crippen LogP contribution is 2.15. The minimum Gasteiger partial charge on any atom is -0.353 e. The molecule has 1 N–H and O–H groups in total. The average molecular weight is 267 g/mol. The fraction of sp³-hybridized carbons (Fsp3) is 0.154. The van der Waals surface area contributed by atoms with Gasteiger partial charge in [-0.15, -0.1) is 0 Å². The number of amides is 1. The highest BCUT2D eigenvalue weighted by Gasteiger charge is 2.08. The van der Waals surface area contributed by atoms with Gasteiger partial charge in [-0.1, -0.05) is 11.6 Å². The third-order valence-corrected chi connectivity index (χ3v) is 2.81. The molecular formula is C13H12ClFN2O. The van der Waals surface area contributed by atoms with E-state index in [0.29, 0.717) is 13.1 Å². The number of carbonyl (C=O) groups is 1. The van der Waals surface area contributed by atoms with Crippen LogP contribution >= 0.6 is 11.6 Å². The molecule has 1 amide bonds. The Balaban J connectivity index is 1.89. The molecule has 3 nitrogen and oxygen atoms in total. The first-order valence-corrected chi connectivity index (χ1v) is 5.88. The molecule has 0 bridgehead atoms. The van der Waals surface area contributed by atoms with Crippen molar-refractivity contribution in [3.63, 3.8) is 0 Å². The lowest BCUT2D eigenvalue weighted by Gasteiger charge is -2.06. The van der Waals surface area contributed by atoms with Gasteiger partial charge in [0.1, 0.15) is 5.82 Å². The smallest absolute Gasteiger partial charge is 0.251 e. The van der Waals surface area contributed by atoms with E-state index in [9.17, 15) is 9.18 Å². The molecule has 0 aliphatic carbocycles. The summed E-state index contributed by atoms with van der Waals surface area (Å²) in [5.74, 6) is -0.896. The fourth-order valence-corrected chi connectivity index (χ4v) is 1.67. The summed E-state index contributed by atoms with van der Waals surface area (Å²) in [5, 5.41) is 2.73. The Bertz CT molecular complexity index is 540. The van der Waals surface area contributed by atoms with Crippen molar-refractivity contribution in [2.75, 3.05) is 6.54 Å². The lowest BCUT2D eigenvalue weighted by atomic mass is 10.2. The van der Waals surface area contributed by atoms with Crippen molar-refractivity contribution in [1.82, 2.24) is 9.88 Å². The fourth-order valence-electron chi connectivity index (χ4n) is 1.56. The van der Waals surface area contributed by atoms with Gasteiger partial charge in [-0.2, -0.15) is 0 Å². The number of carbonyl (C=O) groups excluding carboxylic acids is 1. The van der Waals surface area contributed by atoms with E-state index >= 15 is 0 Å². The largest absolute Gasteiger partial charge is 0.353 e. The summed E-state index contributed by atoms with van der Waals surface area (Å²) < 4.78 is 15.1. The summed E-state index contributed by atoms with van der Waals surface area (Å²) in [5.41, 5.74) is 0.268. The molecule has 18 heavy (non-hydrogen) atoms. The predicted octanol–water partition coefficient (Wildman–Crippen LogP) is 2.71. The first-order chi connectivity index (χ1) is 8.66. The monoisotopic (exact) mass is 266 g/mol. The molecule has 94 valence electrons. The second-order valence-corrected chi connectivity index (χ2v) is 4.21. The van der Waals surface area contributed by atoms with Gasteiger partial charge in [0, 0.05) is 31.0 Å². The molecule has 2 aromatic rings. The molecule has 1 heterocycles. The Kier molecular flexibility index (Phi) is 3.99. The summed E-state index contributed by atoms with van der Waals surface area (Å²) in [6, 6.07) is 7.83. The van der Waals surface area contributed by atoms with Crippen LogP contribution in [0, 0.1) is 5.82 Å². The van der Waals surface area contributed by atoms with Crippen LogP contribution in [0.2, 0.25) is 5.02 Å². The summed E-state index contributed by atoms with van der Waals surface area (Å²) >= 11 is 5.55. The summed E-state index contributed by atoms with van der Waals surface area (Å²) in [7, 11) is 0. The molecule has 0 radical (unpaired) electrons. The molecule has 1 aromatic heterocycles. The molecule has 0 spiro atoms. The van der Waals surface area contributed by atoms with Crippen LogP contribution in [0.15, 0.2) is 42.7 Å². The van der Waals surface area contributed by atoms with Crippen LogP contribution in [-0.4, -0.2) is 17.0 Å². The molecule has 0 fully saturated rings. The van der Waals surface area contributed by atoms with Crippen LogP contribution in [0.25, 0.3) is 0 Å². The molecule has 2 rings (SSSR count). The predicted molar refractivity (Wildman–Crippen MR) is 68.2 cm³/mol. The van der Waals surface area contributed by atoms with Gasteiger partial charge in [0.05, 0.1) is 5.02 Å². The van der Waals surface area contributed by atoms with Crippen molar-refractivity contribution < 1.29 is 9.18 Å². The van der Waals surface area contributed by atoms with E-state index in [4.69, 9.17) is 11.6 Å². The van der Waals surface area contributed by atoms with E-state index in [2.05, 4.69) is 5.32 Å². The highest BCUT2D eigenvalue weighted by molar-refractivity contribution is 6.30. The molecule has 0 saturated carbocycles. The van der Waals surface area contributed by atoms with Crippen molar-refractivity contribution in [3.8, 4) is 0 Å². The van der Waals surface area contributed by atoms with Gasteiger partial charge in [0.2, 0.25) is 0 Å². The average Bonchev–Trinajstić information content (AvgIpc) is 2.85. The second kappa shape index (κ2) is 5.69. The van der Waals surface area contributed by atoms with Gasteiger partial charge in [0.15, 0.2) is 0 Å². The Morgan fingerprint density at radius 2 is 2.06 bits per heavy atom. The number of benzene rings is 1. The van der Waals surface area contributed by atoms with Crippen molar-refractivity contribution in [2.45, 2.75) is 6.54 Å². The highest BCUT2D eigenvalue weighted by atomic mass is 35.5. The van der Waals surface area contributed by atoms with Crippen molar-refractivity contribution in [1.29, 1.82) is 0 Å². The van der Waals surface area contributed by atoms with Gasteiger partial charge >= 0.3 is 0 Å². The molecular weight excluding hydrogens is 255 g/mol. The van der Waals surface area contributed by atoms with Gasteiger partial charge in [-0.25, -0.2) is 4.39 Å². The van der Waals surface area contributed by atoms with Gasteiger partial charge in [-0.3, -0.25) is 4.79 Å². The van der Waals surface area contributed by atoms with Crippen LogP contribution in [-0.2, 0) is 6.54 Å². The maximum Gasteiger partial charge on any atom is 0.251 e. The van der Waals surface area contributed by atoms with E-state index in [-0.39, 0.29) is 16.5 Å². The maximum absolute atomic E-state index is 13.2. The zero-order valence-electron chi connectivity index (χ0n) is 9.57. The Hall–Kier alpha value is -1.81. The van der Waals surface area contributed by atoms with Crippen molar-refractivity contribution in [2.24, 2.45) is 0 Å². The number of hydrogen-bond donors (Lipinski definition) is 1. The number of hydrogen-bond acceptors (Lipinski definition) is 1. The van der Waals surface area contributed by atoms with E-state index in [0.717, 1.165) is 6.07 Å². The number of nitrogens with one attached hydrogen (secondary N) is 1. The van der Waals surface area contributed by atoms with Crippen LogP contribution < -0.4 is 5.32 Å². The zero-order chi connectivity index (χ0) is 13.0. The van der Waals surface area contributed by atoms with Crippen LogP contribution in [0.3, 0.4) is 0 Å². The molecule has 0 aliphatic rings.